The molecule has 6 nitrogen and oxygen atoms in total. The molecule has 1 aromatic heterocycles. The summed E-state index contributed by atoms with van der Waals surface area (Å²) in [6, 6.07) is 7.42. The zero-order valence-corrected chi connectivity index (χ0v) is 16.3. The lowest BCUT2D eigenvalue weighted by molar-refractivity contribution is 0.510. The molecule has 1 aliphatic heterocycles. The first-order valence-electron chi connectivity index (χ1n) is 7.43. The normalized spacial score (nSPS) is 21.2. The third kappa shape index (κ3) is 3.15. The van der Waals surface area contributed by atoms with Gasteiger partial charge >= 0.3 is 0 Å². The van der Waals surface area contributed by atoms with Crippen LogP contribution in [0.4, 0.5) is 4.39 Å². The maximum Gasteiger partial charge on any atom is 0.240 e. The SMILES string of the molecule is C#C[C@@]1(c2cc(-c3ccc(F)c(C#N)c3)sc2Cl)CS(=O)(=O)N(C)C(N)=N1. The minimum Gasteiger partial charge on any atom is -0.369 e. The Balaban J connectivity index is 2.17. The van der Waals surface area contributed by atoms with Gasteiger partial charge in [-0.15, -0.1) is 17.8 Å². The number of terminal acetylenes is 1. The number of nitrogens with two attached hydrogens (primary N) is 1. The van der Waals surface area contributed by atoms with Gasteiger partial charge < -0.3 is 5.73 Å². The number of thiophene rings is 1. The highest BCUT2D eigenvalue weighted by molar-refractivity contribution is 7.89. The van der Waals surface area contributed by atoms with Gasteiger partial charge in [-0.25, -0.2) is 22.1 Å². The molecule has 1 atom stereocenters. The summed E-state index contributed by atoms with van der Waals surface area (Å²) in [7, 11) is -2.49. The molecular weight excluding hydrogens is 411 g/mol. The third-order valence-electron chi connectivity index (χ3n) is 4.18. The molecular formula is C17H12ClFN4O2S2. The van der Waals surface area contributed by atoms with Crippen LogP contribution < -0.4 is 5.73 Å². The Hall–Kier alpha value is -2.59. The summed E-state index contributed by atoms with van der Waals surface area (Å²) in [6.45, 7) is 0. The van der Waals surface area contributed by atoms with Gasteiger partial charge in [0.1, 0.15) is 22.0 Å². The van der Waals surface area contributed by atoms with Crippen molar-refractivity contribution in [2.24, 2.45) is 10.7 Å². The van der Waals surface area contributed by atoms with E-state index in [1.165, 1.54) is 25.2 Å². The van der Waals surface area contributed by atoms with E-state index in [1.54, 1.807) is 12.1 Å². The van der Waals surface area contributed by atoms with Crippen molar-refractivity contribution in [1.82, 2.24) is 4.31 Å². The first kappa shape index (κ1) is 19.2. The van der Waals surface area contributed by atoms with E-state index < -0.39 is 27.1 Å². The summed E-state index contributed by atoms with van der Waals surface area (Å²) in [5, 5.41) is 9.00. The van der Waals surface area contributed by atoms with Crippen LogP contribution in [0.5, 0.6) is 0 Å². The summed E-state index contributed by atoms with van der Waals surface area (Å²) in [5.74, 6) is 1.05. The smallest absolute Gasteiger partial charge is 0.240 e. The van der Waals surface area contributed by atoms with E-state index in [1.807, 2.05) is 0 Å². The van der Waals surface area contributed by atoms with Crippen LogP contribution >= 0.6 is 22.9 Å². The van der Waals surface area contributed by atoms with E-state index in [9.17, 15) is 12.8 Å². The van der Waals surface area contributed by atoms with Gasteiger partial charge in [0, 0.05) is 17.5 Å². The van der Waals surface area contributed by atoms with Crippen molar-refractivity contribution in [3.63, 3.8) is 0 Å². The maximum atomic E-state index is 13.6. The zero-order valence-electron chi connectivity index (χ0n) is 13.9. The van der Waals surface area contributed by atoms with Gasteiger partial charge in [-0.3, -0.25) is 0 Å². The van der Waals surface area contributed by atoms with Gasteiger partial charge in [0.15, 0.2) is 5.54 Å². The third-order valence-corrected chi connectivity index (χ3v) is 7.39. The molecule has 0 amide bonds. The zero-order chi connectivity index (χ0) is 20.0. The van der Waals surface area contributed by atoms with Crippen molar-refractivity contribution < 1.29 is 12.8 Å². The molecule has 0 aliphatic carbocycles. The van der Waals surface area contributed by atoms with Crippen molar-refractivity contribution in [3.8, 4) is 28.9 Å². The largest absolute Gasteiger partial charge is 0.369 e. The predicted molar refractivity (Wildman–Crippen MR) is 103 cm³/mol. The second-order valence-corrected chi connectivity index (χ2v) is 9.46. The van der Waals surface area contributed by atoms with E-state index in [0.29, 0.717) is 16.0 Å². The Morgan fingerprint density at radius 1 is 1.48 bits per heavy atom. The van der Waals surface area contributed by atoms with E-state index in [0.717, 1.165) is 15.6 Å². The highest BCUT2D eigenvalue weighted by Crippen LogP contribution is 2.43. The summed E-state index contributed by atoms with van der Waals surface area (Å²) >= 11 is 7.47. The molecule has 0 unspecified atom stereocenters. The van der Waals surface area contributed by atoms with Gasteiger partial charge in [0.2, 0.25) is 16.0 Å². The number of benzene rings is 1. The minimum atomic E-state index is -3.78. The van der Waals surface area contributed by atoms with Gasteiger partial charge in [-0.05, 0) is 23.8 Å². The molecule has 27 heavy (non-hydrogen) atoms. The average molecular weight is 423 g/mol. The average Bonchev–Trinajstić information content (AvgIpc) is 3.02. The number of sulfonamides is 1. The predicted octanol–water partition coefficient (Wildman–Crippen LogP) is 2.50. The van der Waals surface area contributed by atoms with Crippen LogP contribution in [-0.2, 0) is 15.6 Å². The fourth-order valence-corrected chi connectivity index (χ4v) is 5.41. The molecule has 2 heterocycles. The van der Waals surface area contributed by atoms with Crippen molar-refractivity contribution >= 4 is 38.9 Å². The van der Waals surface area contributed by atoms with Crippen LogP contribution in [0.1, 0.15) is 11.1 Å². The van der Waals surface area contributed by atoms with Crippen molar-refractivity contribution in [2.45, 2.75) is 5.54 Å². The summed E-state index contributed by atoms with van der Waals surface area (Å²) < 4.78 is 39.5. The highest BCUT2D eigenvalue weighted by atomic mass is 35.5. The lowest BCUT2D eigenvalue weighted by Gasteiger charge is -2.33. The summed E-state index contributed by atoms with van der Waals surface area (Å²) in [4.78, 5) is 4.80. The Kier molecular flexibility index (Phi) is 4.64. The van der Waals surface area contributed by atoms with Crippen LogP contribution in [0.2, 0.25) is 4.34 Å². The molecule has 2 aromatic rings. The number of nitrogens with zero attached hydrogens (tertiary/aromatic N) is 3. The minimum absolute atomic E-state index is 0.116. The molecule has 0 saturated carbocycles. The second-order valence-electron chi connectivity index (χ2n) is 5.80. The number of hydrogen-bond acceptors (Lipinski definition) is 6. The second kappa shape index (κ2) is 6.54. The topological polar surface area (TPSA) is 99.5 Å². The van der Waals surface area contributed by atoms with E-state index in [4.69, 9.17) is 29.0 Å². The molecule has 2 N–H and O–H groups in total. The molecule has 138 valence electrons. The lowest BCUT2D eigenvalue weighted by atomic mass is 9.95. The maximum absolute atomic E-state index is 13.6. The van der Waals surface area contributed by atoms with Gasteiger partial charge in [-0.1, -0.05) is 23.6 Å². The first-order valence-corrected chi connectivity index (χ1v) is 10.2. The van der Waals surface area contributed by atoms with Crippen molar-refractivity contribution in [1.29, 1.82) is 5.26 Å². The summed E-state index contributed by atoms with van der Waals surface area (Å²) in [6.07, 6.45) is 5.64. The van der Waals surface area contributed by atoms with Gasteiger partial charge in [0.25, 0.3) is 0 Å². The van der Waals surface area contributed by atoms with Crippen molar-refractivity contribution in [3.05, 3.63) is 45.5 Å². The molecule has 0 fully saturated rings. The quantitative estimate of drug-likeness (QED) is 0.751. The number of rotatable bonds is 2. The number of hydrogen-bond donors (Lipinski definition) is 1. The Morgan fingerprint density at radius 3 is 2.78 bits per heavy atom. The first-order chi connectivity index (χ1) is 12.6. The monoisotopic (exact) mass is 422 g/mol. The molecule has 0 saturated heterocycles. The summed E-state index contributed by atoms with van der Waals surface area (Å²) in [5.41, 5.74) is 4.92. The molecule has 1 aromatic carbocycles. The van der Waals surface area contributed by atoms with Crippen LogP contribution in [0.3, 0.4) is 0 Å². The Morgan fingerprint density at radius 2 is 2.19 bits per heavy atom. The van der Waals surface area contributed by atoms with Crippen LogP contribution in [0.25, 0.3) is 10.4 Å². The van der Waals surface area contributed by atoms with E-state index in [-0.39, 0.29) is 15.9 Å². The molecule has 10 heteroatoms. The number of guanidine groups is 1. The molecule has 0 radical (unpaired) electrons. The van der Waals surface area contributed by atoms with E-state index in [2.05, 4.69) is 10.9 Å². The molecule has 0 bridgehead atoms. The van der Waals surface area contributed by atoms with Gasteiger partial charge in [0.05, 0.1) is 5.56 Å². The number of halogens is 2. The van der Waals surface area contributed by atoms with Crippen LogP contribution in [0.15, 0.2) is 29.3 Å². The van der Waals surface area contributed by atoms with Crippen LogP contribution in [-0.4, -0.2) is 31.5 Å². The van der Waals surface area contributed by atoms with Crippen LogP contribution in [0, 0.1) is 29.5 Å². The number of nitriles is 1. The molecule has 3 rings (SSSR count). The number of aliphatic imine (C=N–C) groups is 1. The molecule has 0 spiro atoms. The van der Waals surface area contributed by atoms with Crippen molar-refractivity contribution in [2.75, 3.05) is 12.8 Å². The van der Waals surface area contributed by atoms with Gasteiger partial charge in [-0.2, -0.15) is 5.26 Å². The Labute approximate surface area is 164 Å². The van der Waals surface area contributed by atoms with E-state index >= 15 is 0 Å². The molecule has 1 aliphatic rings. The fraction of sp³-hybridized carbons (Fsp3) is 0.176. The standard InChI is InChI=1S/C17H12ClFN4O2S2/c1-3-17(9-27(24,25)23(2)16(21)22-17)12-7-14(26-15(12)18)10-4-5-13(19)11(6-10)8-20/h1,4-7H,9H2,2H3,(H2,21,22)/t17-/m0/s1. The fourth-order valence-electron chi connectivity index (χ4n) is 2.65. The lowest BCUT2D eigenvalue weighted by Crippen LogP contribution is -2.50. The highest BCUT2D eigenvalue weighted by Gasteiger charge is 2.44. The Bertz CT molecular complexity index is 1160.